The molecule has 0 saturated carbocycles. The van der Waals surface area contributed by atoms with E-state index in [0.717, 1.165) is 55.9 Å². The molecule has 10 aromatic rings. The number of rotatable bonds is 4. The lowest BCUT2D eigenvalue weighted by atomic mass is 9.70. The van der Waals surface area contributed by atoms with Gasteiger partial charge in [0.25, 0.3) is 0 Å². The molecule has 2 aliphatic carbocycles. The van der Waals surface area contributed by atoms with Crippen molar-refractivity contribution in [3.8, 4) is 67.4 Å². The van der Waals surface area contributed by atoms with Gasteiger partial charge >= 0.3 is 0 Å². The number of fused-ring (bicyclic) bond motifs is 12. The van der Waals surface area contributed by atoms with Gasteiger partial charge in [-0.25, -0.2) is 15.0 Å². The third kappa shape index (κ3) is 4.27. The summed E-state index contributed by atoms with van der Waals surface area (Å²) in [6.45, 7) is 0. The summed E-state index contributed by atoms with van der Waals surface area (Å²) in [5.74, 6) is 0.706. The zero-order chi connectivity index (χ0) is 36.8. The molecule has 0 unspecified atom stereocenters. The standard InChI is InChI=1S/C52H32N4/c1-2-15-33(16-3-1)49-50(56-30-13-12-27-47(56)54-49)35-18-14-17-34(31-35)48-41-22-7-11-26-46(41)53-51(55-48)36-28-29-40-39-21-6-10-25-44(39)52(45(40)32-36)42-23-8-4-19-37(42)38-20-5-9-24-43(38)52/h1-32H. The molecular weight excluding hydrogens is 681 g/mol. The molecule has 4 nitrogen and oxygen atoms in total. The molecule has 0 amide bonds. The average molecular weight is 713 g/mol. The maximum absolute atomic E-state index is 5.45. The van der Waals surface area contributed by atoms with Gasteiger partial charge in [-0.2, -0.15) is 0 Å². The van der Waals surface area contributed by atoms with Crippen LogP contribution in [-0.4, -0.2) is 19.4 Å². The summed E-state index contributed by atoms with van der Waals surface area (Å²) < 4.78 is 2.18. The van der Waals surface area contributed by atoms with Crippen LogP contribution in [0.1, 0.15) is 22.3 Å². The fraction of sp³-hybridized carbons (Fsp3) is 0.0192. The summed E-state index contributed by atoms with van der Waals surface area (Å²) in [6, 6.07) is 67.3. The SMILES string of the molecule is c1ccc(-c2nc3ccccn3c2-c2cccc(-c3nc(-c4ccc5c(c4)C4(c6ccccc6-c6ccccc64)c4ccccc4-5)nc4ccccc34)c2)cc1. The molecule has 0 radical (unpaired) electrons. The van der Waals surface area contributed by atoms with E-state index in [4.69, 9.17) is 15.0 Å². The highest BCUT2D eigenvalue weighted by Crippen LogP contribution is 2.63. The van der Waals surface area contributed by atoms with Crippen LogP contribution in [0, 0.1) is 0 Å². The first-order valence-corrected chi connectivity index (χ1v) is 19.1. The van der Waals surface area contributed by atoms with Crippen LogP contribution in [0.3, 0.4) is 0 Å². The highest BCUT2D eigenvalue weighted by atomic mass is 15.0. The molecule has 3 heterocycles. The Morgan fingerprint density at radius 1 is 0.375 bits per heavy atom. The normalized spacial score (nSPS) is 13.1. The lowest BCUT2D eigenvalue weighted by Crippen LogP contribution is -2.25. The molecule has 12 rings (SSSR count). The summed E-state index contributed by atoms with van der Waals surface area (Å²) in [6.07, 6.45) is 2.09. The zero-order valence-corrected chi connectivity index (χ0v) is 30.3. The van der Waals surface area contributed by atoms with Gasteiger partial charge in [-0.15, -0.1) is 0 Å². The van der Waals surface area contributed by atoms with E-state index in [1.807, 2.05) is 12.1 Å². The lowest BCUT2D eigenvalue weighted by Gasteiger charge is -2.30. The van der Waals surface area contributed by atoms with Crippen molar-refractivity contribution in [1.29, 1.82) is 0 Å². The smallest absolute Gasteiger partial charge is 0.160 e. The fourth-order valence-electron chi connectivity index (χ4n) is 9.54. The van der Waals surface area contributed by atoms with E-state index in [1.54, 1.807) is 0 Å². The van der Waals surface area contributed by atoms with Crippen molar-refractivity contribution < 1.29 is 0 Å². The predicted molar refractivity (Wildman–Crippen MR) is 226 cm³/mol. The predicted octanol–water partition coefficient (Wildman–Crippen LogP) is 12.3. The Balaban J connectivity index is 1.06. The van der Waals surface area contributed by atoms with Crippen LogP contribution in [-0.2, 0) is 5.41 Å². The number of aromatic nitrogens is 4. The molecule has 4 heteroatoms. The van der Waals surface area contributed by atoms with Crippen LogP contribution in [0.4, 0.5) is 0 Å². The van der Waals surface area contributed by atoms with Gasteiger partial charge in [0.05, 0.1) is 28.0 Å². The number of imidazole rings is 1. The van der Waals surface area contributed by atoms with E-state index >= 15 is 0 Å². The topological polar surface area (TPSA) is 43.1 Å². The average Bonchev–Trinajstić information content (AvgIpc) is 3.91. The van der Waals surface area contributed by atoms with Crippen LogP contribution >= 0.6 is 0 Å². The summed E-state index contributed by atoms with van der Waals surface area (Å²) in [5.41, 5.74) is 18.8. The number of benzene rings is 7. The first kappa shape index (κ1) is 31.0. The minimum absolute atomic E-state index is 0.437. The van der Waals surface area contributed by atoms with E-state index in [9.17, 15) is 0 Å². The molecule has 0 fully saturated rings. The summed E-state index contributed by atoms with van der Waals surface area (Å²) in [5, 5.41) is 1.01. The number of para-hydroxylation sites is 1. The molecule has 0 N–H and O–H groups in total. The highest BCUT2D eigenvalue weighted by Gasteiger charge is 2.51. The van der Waals surface area contributed by atoms with Gasteiger partial charge in [0.1, 0.15) is 5.65 Å². The Bertz CT molecular complexity index is 3150. The van der Waals surface area contributed by atoms with Crippen molar-refractivity contribution in [2.75, 3.05) is 0 Å². The highest BCUT2D eigenvalue weighted by molar-refractivity contribution is 5.97. The van der Waals surface area contributed by atoms with Gasteiger partial charge in [0.15, 0.2) is 5.82 Å². The summed E-state index contributed by atoms with van der Waals surface area (Å²) in [7, 11) is 0. The van der Waals surface area contributed by atoms with E-state index in [0.29, 0.717) is 5.82 Å². The number of hydrogen-bond acceptors (Lipinski definition) is 3. The molecule has 0 bridgehead atoms. The molecule has 3 aromatic heterocycles. The van der Waals surface area contributed by atoms with Gasteiger partial charge in [-0.1, -0.05) is 158 Å². The number of pyridine rings is 1. The number of hydrogen-bond donors (Lipinski definition) is 0. The van der Waals surface area contributed by atoms with Crippen molar-refractivity contribution >= 4 is 16.6 Å². The molecule has 0 saturated heterocycles. The van der Waals surface area contributed by atoms with Crippen molar-refractivity contribution in [1.82, 2.24) is 19.4 Å². The van der Waals surface area contributed by atoms with Crippen LogP contribution in [0.15, 0.2) is 194 Å². The van der Waals surface area contributed by atoms with E-state index < -0.39 is 5.41 Å². The van der Waals surface area contributed by atoms with Crippen molar-refractivity contribution in [3.63, 3.8) is 0 Å². The largest absolute Gasteiger partial charge is 0.299 e. The minimum atomic E-state index is -0.437. The van der Waals surface area contributed by atoms with Crippen molar-refractivity contribution in [2.45, 2.75) is 5.41 Å². The Morgan fingerprint density at radius 3 is 1.73 bits per heavy atom. The second kappa shape index (κ2) is 11.8. The summed E-state index contributed by atoms with van der Waals surface area (Å²) >= 11 is 0. The van der Waals surface area contributed by atoms with Crippen LogP contribution in [0.25, 0.3) is 84.0 Å². The maximum Gasteiger partial charge on any atom is 0.160 e. The monoisotopic (exact) mass is 712 g/mol. The fourth-order valence-corrected chi connectivity index (χ4v) is 9.54. The van der Waals surface area contributed by atoms with Crippen molar-refractivity contribution in [3.05, 3.63) is 217 Å². The van der Waals surface area contributed by atoms with Gasteiger partial charge in [0.2, 0.25) is 0 Å². The third-order valence-electron chi connectivity index (χ3n) is 11.8. The number of nitrogens with zero attached hydrogens (tertiary/aromatic N) is 4. The molecule has 56 heavy (non-hydrogen) atoms. The molecule has 1 spiro atoms. The van der Waals surface area contributed by atoms with Crippen LogP contribution in [0.2, 0.25) is 0 Å². The van der Waals surface area contributed by atoms with Gasteiger partial charge < -0.3 is 0 Å². The van der Waals surface area contributed by atoms with Gasteiger partial charge in [-0.05, 0) is 74.8 Å². The quantitative estimate of drug-likeness (QED) is 0.182. The lowest BCUT2D eigenvalue weighted by molar-refractivity contribution is 0.794. The minimum Gasteiger partial charge on any atom is -0.299 e. The molecule has 0 aliphatic heterocycles. The van der Waals surface area contributed by atoms with Gasteiger partial charge in [0, 0.05) is 33.8 Å². The van der Waals surface area contributed by atoms with Crippen LogP contribution in [0.5, 0.6) is 0 Å². The molecule has 7 aromatic carbocycles. The van der Waals surface area contributed by atoms with E-state index in [-0.39, 0.29) is 0 Å². The van der Waals surface area contributed by atoms with Crippen molar-refractivity contribution in [2.24, 2.45) is 0 Å². The Labute approximate surface area is 324 Å². The zero-order valence-electron chi connectivity index (χ0n) is 30.3. The van der Waals surface area contributed by atoms with Gasteiger partial charge in [-0.3, -0.25) is 4.40 Å². The molecule has 0 atom stereocenters. The second-order valence-electron chi connectivity index (χ2n) is 14.7. The van der Waals surface area contributed by atoms with E-state index in [1.165, 1.54) is 44.5 Å². The second-order valence-corrected chi connectivity index (χ2v) is 14.7. The third-order valence-corrected chi connectivity index (χ3v) is 11.8. The Hall–Kier alpha value is -7.43. The molecular formula is C52H32N4. The molecule has 2 aliphatic rings. The molecule has 260 valence electrons. The van der Waals surface area contributed by atoms with Crippen LogP contribution < -0.4 is 0 Å². The van der Waals surface area contributed by atoms with E-state index in [2.05, 4.69) is 187 Å². The Morgan fingerprint density at radius 2 is 0.982 bits per heavy atom. The Kier molecular flexibility index (Phi) is 6.52. The first-order valence-electron chi connectivity index (χ1n) is 19.1. The first-order chi connectivity index (χ1) is 27.8. The maximum atomic E-state index is 5.45. The summed E-state index contributed by atoms with van der Waals surface area (Å²) in [4.78, 5) is 15.8.